The van der Waals surface area contributed by atoms with E-state index in [1.807, 2.05) is 0 Å². The van der Waals surface area contributed by atoms with Crippen LogP contribution in [0, 0.1) is 0 Å². The number of rotatable bonds is 4. The van der Waals surface area contributed by atoms with E-state index in [4.69, 9.17) is 14.2 Å². The van der Waals surface area contributed by atoms with Gasteiger partial charge >= 0.3 is 0 Å². The number of hydrogen-bond donors (Lipinski definition) is 7. The summed E-state index contributed by atoms with van der Waals surface area (Å²) in [5.41, 5.74) is 1.20. The molecule has 10 heteroatoms. The maximum atomic E-state index is 10.4. The van der Waals surface area contributed by atoms with Gasteiger partial charge in [-0.1, -0.05) is 6.07 Å². The standard InChI is InChI=1S/C21H24O10/c22-8-17-18(26)19(27)20(28)21(31-17)29-10-6-13(24)11-2-4-15(30-16(11)7-10)9-1-3-12(23)14(25)5-9/h1,3,5-7,15,17-28H,2,4,8H2/t15?,17-,18-,19+,20-,21-/m1/s1. The number of ether oxygens (including phenoxy) is 3. The first-order chi connectivity index (χ1) is 14.8. The highest BCUT2D eigenvalue weighted by molar-refractivity contribution is 5.52. The molecule has 1 fully saturated rings. The van der Waals surface area contributed by atoms with Crippen molar-refractivity contribution in [2.75, 3.05) is 6.61 Å². The number of aliphatic hydroxyl groups is 4. The Morgan fingerprint density at radius 3 is 2.39 bits per heavy atom. The predicted molar refractivity (Wildman–Crippen MR) is 104 cm³/mol. The van der Waals surface area contributed by atoms with E-state index >= 15 is 0 Å². The maximum absolute atomic E-state index is 10.4. The average Bonchev–Trinajstić information content (AvgIpc) is 2.75. The minimum absolute atomic E-state index is 0.0785. The number of phenols is 3. The van der Waals surface area contributed by atoms with Crippen molar-refractivity contribution in [3.05, 3.63) is 41.5 Å². The number of aliphatic hydroxyl groups excluding tert-OH is 4. The van der Waals surface area contributed by atoms with Crippen LogP contribution in [-0.4, -0.2) is 73.1 Å². The molecule has 31 heavy (non-hydrogen) atoms. The largest absolute Gasteiger partial charge is 0.507 e. The summed E-state index contributed by atoms with van der Waals surface area (Å²) in [6.07, 6.45) is -6.66. The number of fused-ring (bicyclic) bond motifs is 1. The third kappa shape index (κ3) is 4.08. The smallest absolute Gasteiger partial charge is 0.229 e. The van der Waals surface area contributed by atoms with Gasteiger partial charge in [-0.2, -0.15) is 0 Å². The van der Waals surface area contributed by atoms with Crippen molar-refractivity contribution in [1.82, 2.24) is 0 Å². The molecule has 1 saturated heterocycles. The molecule has 1 unspecified atom stereocenters. The molecule has 2 aliphatic heterocycles. The van der Waals surface area contributed by atoms with Crippen LogP contribution in [0.25, 0.3) is 0 Å². The van der Waals surface area contributed by atoms with Crippen molar-refractivity contribution in [2.45, 2.75) is 49.7 Å². The van der Waals surface area contributed by atoms with E-state index in [0.29, 0.717) is 29.7 Å². The summed E-state index contributed by atoms with van der Waals surface area (Å²) in [6, 6.07) is 7.19. The first kappa shape index (κ1) is 21.5. The highest BCUT2D eigenvalue weighted by Gasteiger charge is 2.44. The SMILES string of the molecule is OC[C@H]1O[C@@H](Oc2cc(O)c3c(c2)OC(c2ccc(O)c(O)c2)CC3)[C@H](O)[C@@H](O)[C@@H]1O. The monoisotopic (exact) mass is 436 g/mol. The lowest BCUT2D eigenvalue weighted by molar-refractivity contribution is -0.277. The number of benzene rings is 2. The second-order valence-corrected chi connectivity index (χ2v) is 7.63. The van der Waals surface area contributed by atoms with Crippen LogP contribution < -0.4 is 9.47 Å². The zero-order chi connectivity index (χ0) is 22.3. The Kier molecular flexibility index (Phi) is 5.82. The second kappa shape index (κ2) is 8.40. The van der Waals surface area contributed by atoms with E-state index in [1.54, 1.807) is 6.07 Å². The van der Waals surface area contributed by atoms with Crippen molar-refractivity contribution < 1.29 is 50.0 Å². The Morgan fingerprint density at radius 1 is 0.903 bits per heavy atom. The summed E-state index contributed by atoms with van der Waals surface area (Å²) in [4.78, 5) is 0. The van der Waals surface area contributed by atoms with Crippen LogP contribution in [0.4, 0.5) is 0 Å². The number of aromatic hydroxyl groups is 3. The van der Waals surface area contributed by atoms with Gasteiger partial charge in [0.2, 0.25) is 6.29 Å². The Labute approximate surface area is 177 Å². The highest BCUT2D eigenvalue weighted by Crippen LogP contribution is 2.43. The number of phenolic OH excluding ortho intramolecular Hbond substituents is 3. The van der Waals surface area contributed by atoms with Crippen LogP contribution in [0.1, 0.15) is 23.7 Å². The molecule has 0 aliphatic carbocycles. The lowest BCUT2D eigenvalue weighted by Gasteiger charge is -2.39. The van der Waals surface area contributed by atoms with Gasteiger partial charge in [0.1, 0.15) is 47.8 Å². The molecule has 7 N–H and O–H groups in total. The van der Waals surface area contributed by atoms with Crippen molar-refractivity contribution in [3.63, 3.8) is 0 Å². The van der Waals surface area contributed by atoms with Gasteiger partial charge in [0, 0.05) is 17.7 Å². The van der Waals surface area contributed by atoms with E-state index in [-0.39, 0.29) is 23.0 Å². The Hall–Kier alpha value is -2.76. The zero-order valence-corrected chi connectivity index (χ0v) is 16.3. The first-order valence-electron chi connectivity index (χ1n) is 9.80. The molecular formula is C21H24O10. The third-order valence-electron chi connectivity index (χ3n) is 5.56. The molecule has 0 amide bonds. The lowest BCUT2D eigenvalue weighted by atomic mass is 9.96. The molecule has 0 radical (unpaired) electrons. The predicted octanol–water partition coefficient (Wildman–Crippen LogP) is 0.0484. The molecule has 2 heterocycles. The van der Waals surface area contributed by atoms with Crippen molar-refractivity contribution in [1.29, 1.82) is 0 Å². The fraction of sp³-hybridized carbons (Fsp3) is 0.429. The topological polar surface area (TPSA) is 169 Å². The summed E-state index contributed by atoms with van der Waals surface area (Å²) < 4.78 is 16.9. The van der Waals surface area contributed by atoms with Crippen LogP contribution in [0.5, 0.6) is 28.7 Å². The van der Waals surface area contributed by atoms with Crippen LogP contribution >= 0.6 is 0 Å². The van der Waals surface area contributed by atoms with Crippen LogP contribution in [0.2, 0.25) is 0 Å². The Morgan fingerprint density at radius 2 is 1.68 bits per heavy atom. The molecule has 2 aliphatic rings. The first-order valence-corrected chi connectivity index (χ1v) is 9.80. The molecule has 168 valence electrons. The summed E-state index contributed by atoms with van der Waals surface area (Å²) >= 11 is 0. The molecule has 0 bridgehead atoms. The average molecular weight is 436 g/mol. The van der Waals surface area contributed by atoms with Gasteiger partial charge in [0.15, 0.2) is 11.5 Å². The molecule has 2 aromatic rings. The van der Waals surface area contributed by atoms with Crippen LogP contribution in [-0.2, 0) is 11.2 Å². The molecule has 0 saturated carbocycles. The van der Waals surface area contributed by atoms with Crippen LogP contribution in [0.3, 0.4) is 0 Å². The van der Waals surface area contributed by atoms with E-state index in [2.05, 4.69) is 0 Å². The fourth-order valence-electron chi connectivity index (χ4n) is 3.79. The second-order valence-electron chi connectivity index (χ2n) is 7.63. The summed E-state index contributed by atoms with van der Waals surface area (Å²) in [5, 5.41) is 68.9. The van der Waals surface area contributed by atoms with Crippen molar-refractivity contribution >= 4 is 0 Å². The normalized spacial score (nSPS) is 30.3. The lowest BCUT2D eigenvalue weighted by Crippen LogP contribution is -2.60. The Bertz CT molecular complexity index is 946. The van der Waals surface area contributed by atoms with Crippen LogP contribution in [0.15, 0.2) is 30.3 Å². The summed E-state index contributed by atoms with van der Waals surface area (Å²) in [5.74, 6) is -0.204. The van der Waals surface area contributed by atoms with Gasteiger partial charge < -0.3 is 50.0 Å². The molecule has 0 spiro atoms. The van der Waals surface area contributed by atoms with E-state index in [9.17, 15) is 35.7 Å². The van der Waals surface area contributed by atoms with Crippen molar-refractivity contribution in [3.8, 4) is 28.7 Å². The molecular weight excluding hydrogens is 412 g/mol. The minimum atomic E-state index is -1.59. The summed E-state index contributed by atoms with van der Waals surface area (Å²) in [7, 11) is 0. The molecule has 4 rings (SSSR count). The van der Waals surface area contributed by atoms with Gasteiger partial charge in [-0.3, -0.25) is 0 Å². The van der Waals surface area contributed by atoms with E-state index in [0.717, 1.165) is 0 Å². The van der Waals surface area contributed by atoms with E-state index < -0.39 is 43.4 Å². The molecule has 10 nitrogen and oxygen atoms in total. The number of hydrogen-bond acceptors (Lipinski definition) is 10. The van der Waals surface area contributed by atoms with Crippen molar-refractivity contribution in [2.24, 2.45) is 0 Å². The quantitative estimate of drug-likeness (QED) is 0.325. The van der Waals surface area contributed by atoms with E-state index in [1.165, 1.54) is 24.3 Å². The van der Waals surface area contributed by atoms with Gasteiger partial charge in [-0.25, -0.2) is 0 Å². The molecule has 6 atom stereocenters. The highest BCUT2D eigenvalue weighted by atomic mass is 16.7. The van der Waals surface area contributed by atoms with Gasteiger partial charge in [-0.15, -0.1) is 0 Å². The maximum Gasteiger partial charge on any atom is 0.229 e. The summed E-state index contributed by atoms with van der Waals surface area (Å²) in [6.45, 7) is -0.593. The zero-order valence-electron chi connectivity index (χ0n) is 16.3. The third-order valence-corrected chi connectivity index (χ3v) is 5.56. The Balaban J connectivity index is 1.55. The minimum Gasteiger partial charge on any atom is -0.507 e. The molecule has 2 aromatic carbocycles. The van der Waals surface area contributed by atoms with Gasteiger partial charge in [0.05, 0.1) is 6.61 Å². The molecule has 0 aromatic heterocycles. The van der Waals surface area contributed by atoms with Gasteiger partial charge in [-0.05, 0) is 30.5 Å². The van der Waals surface area contributed by atoms with Gasteiger partial charge in [0.25, 0.3) is 0 Å². The fourth-order valence-corrected chi connectivity index (χ4v) is 3.79.